The lowest BCUT2D eigenvalue weighted by Crippen LogP contribution is -2.84. The Kier molecular flexibility index (Phi) is 4.01. The minimum Gasteiger partial charge on any atom is -0.489 e. The molecule has 3 nitrogen and oxygen atoms in total. The van der Waals surface area contributed by atoms with Gasteiger partial charge >= 0.3 is 0 Å². The summed E-state index contributed by atoms with van der Waals surface area (Å²) >= 11 is 6.35. The maximum atomic E-state index is 6.35. The number of benzene rings is 1. The molecule has 22 heavy (non-hydrogen) atoms. The fourth-order valence-electron chi connectivity index (χ4n) is 4.03. The predicted molar refractivity (Wildman–Crippen MR) is 86.4 cm³/mol. The van der Waals surface area contributed by atoms with Crippen molar-refractivity contribution < 1.29 is 14.8 Å². The lowest BCUT2D eigenvalue weighted by atomic mass is 9.93. The SMILES string of the molecule is Clc1cc(C[NH2+]C[C@H]2C[C@H]3C=C[C@H]2C3)cc2c1OCCCO2. The first-order valence-electron chi connectivity index (χ1n) is 8.37. The largest absolute Gasteiger partial charge is 0.489 e. The van der Waals surface area contributed by atoms with Crippen LogP contribution in [0.25, 0.3) is 0 Å². The van der Waals surface area contributed by atoms with E-state index in [9.17, 15) is 0 Å². The number of allylic oxidation sites excluding steroid dienone is 2. The van der Waals surface area contributed by atoms with E-state index in [4.69, 9.17) is 21.1 Å². The standard InChI is InChI=1S/C18H22ClNO2/c19-16-8-13(9-17-18(16)22-5-1-4-21-17)10-20-11-15-7-12-2-3-14(15)6-12/h2-3,8-9,12,14-15,20H,1,4-7,10-11H2/p+1/t12-,14-,15+/m0/s1. The molecule has 4 heteroatoms. The van der Waals surface area contributed by atoms with E-state index in [1.54, 1.807) is 0 Å². The third-order valence-corrected chi connectivity index (χ3v) is 5.41. The van der Waals surface area contributed by atoms with Crippen molar-refractivity contribution in [3.8, 4) is 11.5 Å². The average Bonchev–Trinajstić information content (AvgIpc) is 3.04. The Labute approximate surface area is 136 Å². The number of quaternary nitrogens is 1. The number of halogens is 1. The van der Waals surface area contributed by atoms with Gasteiger partial charge in [-0.05, 0) is 36.8 Å². The first-order valence-corrected chi connectivity index (χ1v) is 8.75. The van der Waals surface area contributed by atoms with Crippen molar-refractivity contribution in [2.24, 2.45) is 17.8 Å². The van der Waals surface area contributed by atoms with Gasteiger partial charge in [-0.15, -0.1) is 0 Å². The molecular weight excluding hydrogens is 298 g/mol. The van der Waals surface area contributed by atoms with Crippen molar-refractivity contribution in [2.75, 3.05) is 19.8 Å². The molecule has 1 heterocycles. The highest BCUT2D eigenvalue weighted by molar-refractivity contribution is 6.32. The monoisotopic (exact) mass is 320 g/mol. The van der Waals surface area contributed by atoms with Crippen molar-refractivity contribution >= 4 is 11.6 Å². The average molecular weight is 321 g/mol. The summed E-state index contributed by atoms with van der Waals surface area (Å²) in [5, 5.41) is 3.08. The lowest BCUT2D eigenvalue weighted by molar-refractivity contribution is -0.676. The molecule has 1 aromatic carbocycles. The zero-order valence-corrected chi connectivity index (χ0v) is 13.5. The van der Waals surface area contributed by atoms with Crippen LogP contribution in [0.4, 0.5) is 0 Å². The Morgan fingerprint density at radius 2 is 2.05 bits per heavy atom. The summed E-state index contributed by atoms with van der Waals surface area (Å²) in [5.74, 6) is 4.05. The van der Waals surface area contributed by atoms with Gasteiger partial charge in [0.05, 0.1) is 24.8 Å². The van der Waals surface area contributed by atoms with E-state index < -0.39 is 0 Å². The van der Waals surface area contributed by atoms with Crippen molar-refractivity contribution in [1.82, 2.24) is 0 Å². The number of nitrogens with two attached hydrogens (primary N) is 1. The van der Waals surface area contributed by atoms with Crippen LogP contribution in [0.2, 0.25) is 5.02 Å². The van der Waals surface area contributed by atoms with Gasteiger partial charge in [0.15, 0.2) is 11.5 Å². The van der Waals surface area contributed by atoms with Crippen LogP contribution < -0.4 is 14.8 Å². The van der Waals surface area contributed by atoms with Crippen molar-refractivity contribution in [1.29, 1.82) is 0 Å². The van der Waals surface area contributed by atoms with Crippen LogP contribution in [-0.2, 0) is 6.54 Å². The molecule has 1 aliphatic heterocycles. The Hall–Kier alpha value is -1.19. The molecule has 0 spiro atoms. The quantitative estimate of drug-likeness (QED) is 0.866. The summed E-state index contributed by atoms with van der Waals surface area (Å²) in [7, 11) is 0. The van der Waals surface area contributed by atoms with E-state index in [0.717, 1.165) is 36.5 Å². The molecule has 3 aliphatic rings. The molecule has 0 saturated heterocycles. The van der Waals surface area contributed by atoms with Crippen LogP contribution in [0.3, 0.4) is 0 Å². The fourth-order valence-corrected chi connectivity index (χ4v) is 4.32. The summed E-state index contributed by atoms with van der Waals surface area (Å²) < 4.78 is 11.4. The highest BCUT2D eigenvalue weighted by Gasteiger charge is 2.36. The van der Waals surface area contributed by atoms with Crippen molar-refractivity contribution in [3.05, 3.63) is 34.9 Å². The summed E-state index contributed by atoms with van der Waals surface area (Å²) in [6.07, 6.45) is 8.50. The number of rotatable bonds is 4. The zero-order chi connectivity index (χ0) is 14.9. The molecule has 0 amide bonds. The van der Waals surface area contributed by atoms with Gasteiger partial charge < -0.3 is 14.8 Å². The second-order valence-corrected chi connectivity index (χ2v) is 7.13. The van der Waals surface area contributed by atoms with Crippen LogP contribution in [-0.4, -0.2) is 19.8 Å². The van der Waals surface area contributed by atoms with Gasteiger partial charge in [0.25, 0.3) is 0 Å². The van der Waals surface area contributed by atoms with E-state index in [0.29, 0.717) is 24.0 Å². The normalized spacial score (nSPS) is 28.9. The number of ether oxygens (including phenoxy) is 2. The van der Waals surface area contributed by atoms with E-state index in [1.807, 2.05) is 6.07 Å². The number of hydrogen-bond donors (Lipinski definition) is 1. The van der Waals surface area contributed by atoms with Crippen molar-refractivity contribution in [3.63, 3.8) is 0 Å². The van der Waals surface area contributed by atoms with Crippen LogP contribution >= 0.6 is 11.6 Å². The molecule has 2 aliphatic carbocycles. The maximum absolute atomic E-state index is 6.35. The van der Waals surface area contributed by atoms with Crippen LogP contribution in [0.1, 0.15) is 24.8 Å². The zero-order valence-electron chi connectivity index (χ0n) is 12.8. The van der Waals surface area contributed by atoms with Crippen LogP contribution in [0.15, 0.2) is 24.3 Å². The maximum Gasteiger partial charge on any atom is 0.179 e. The fraction of sp³-hybridized carbons (Fsp3) is 0.556. The first kappa shape index (κ1) is 14.4. The van der Waals surface area contributed by atoms with E-state index in [1.165, 1.54) is 24.9 Å². The molecule has 0 unspecified atom stereocenters. The molecule has 1 saturated carbocycles. The summed E-state index contributed by atoms with van der Waals surface area (Å²) in [5.41, 5.74) is 1.22. The molecule has 4 rings (SSSR count). The van der Waals surface area contributed by atoms with E-state index in [-0.39, 0.29) is 0 Å². The van der Waals surface area contributed by atoms with Crippen LogP contribution in [0.5, 0.6) is 11.5 Å². The molecular formula is C18H23ClNO2+. The van der Waals surface area contributed by atoms with Crippen molar-refractivity contribution in [2.45, 2.75) is 25.8 Å². The number of hydrogen-bond acceptors (Lipinski definition) is 2. The summed E-state index contributed by atoms with van der Waals surface area (Å²) in [6.45, 7) is 3.54. The summed E-state index contributed by atoms with van der Waals surface area (Å²) in [6, 6.07) is 4.11. The minimum atomic E-state index is 0.672. The first-order chi connectivity index (χ1) is 10.8. The van der Waals surface area contributed by atoms with Crippen LogP contribution in [0, 0.1) is 17.8 Å². The summed E-state index contributed by atoms with van der Waals surface area (Å²) in [4.78, 5) is 0. The van der Waals surface area contributed by atoms with Gasteiger partial charge in [0.1, 0.15) is 6.54 Å². The van der Waals surface area contributed by atoms with Gasteiger partial charge in [-0.2, -0.15) is 0 Å². The minimum absolute atomic E-state index is 0.672. The highest BCUT2D eigenvalue weighted by Crippen LogP contribution is 2.42. The molecule has 1 fully saturated rings. The molecule has 0 aromatic heterocycles. The van der Waals surface area contributed by atoms with Gasteiger partial charge in [0.2, 0.25) is 0 Å². The molecule has 118 valence electrons. The van der Waals surface area contributed by atoms with Gasteiger partial charge in [0, 0.05) is 17.9 Å². The Morgan fingerprint density at radius 1 is 1.14 bits per heavy atom. The topological polar surface area (TPSA) is 35.1 Å². The van der Waals surface area contributed by atoms with Gasteiger partial charge in [-0.25, -0.2) is 0 Å². The Bertz CT molecular complexity index is 587. The molecule has 2 N–H and O–H groups in total. The predicted octanol–water partition coefficient (Wildman–Crippen LogP) is 2.78. The molecule has 0 radical (unpaired) electrons. The van der Waals surface area contributed by atoms with E-state index in [2.05, 4.69) is 23.5 Å². The molecule has 1 aromatic rings. The molecule has 3 atom stereocenters. The lowest BCUT2D eigenvalue weighted by Gasteiger charge is -2.16. The third-order valence-electron chi connectivity index (χ3n) is 5.13. The Balaban J connectivity index is 1.37. The second-order valence-electron chi connectivity index (χ2n) is 6.72. The Morgan fingerprint density at radius 3 is 2.86 bits per heavy atom. The second kappa shape index (κ2) is 6.13. The van der Waals surface area contributed by atoms with E-state index >= 15 is 0 Å². The molecule has 2 bridgehead atoms. The van der Waals surface area contributed by atoms with Gasteiger partial charge in [-0.1, -0.05) is 23.8 Å². The smallest absolute Gasteiger partial charge is 0.179 e. The number of fused-ring (bicyclic) bond motifs is 3. The van der Waals surface area contributed by atoms with Gasteiger partial charge in [-0.3, -0.25) is 0 Å². The third kappa shape index (κ3) is 2.84. The highest BCUT2D eigenvalue weighted by atomic mass is 35.5.